The molecule has 54 heavy (non-hydrogen) atoms. The molecule has 8 rings (SSSR count). The number of halogens is 2. The van der Waals surface area contributed by atoms with Crippen LogP contribution in [0.25, 0.3) is 10.2 Å². The molecular weight excluding hydrogens is 739 g/mol. The van der Waals surface area contributed by atoms with E-state index in [1.807, 2.05) is 6.07 Å². The standard InChI is InChI=1S/C40H50F2N2O8S2/c41-29-13-25(14-30(42)19-29)12-26(18-38(46)52-34-17-28-23-51-40-39(28)31(34)8-11-50-40)33(45)21-44-9-4-2-1-3-5-10-49-22-27-16-32-35(20-36(27)54(44,47)48)53-37(43-32)15-24-6-7-24/h13-14,16,19-20,24,26,28,31,33-34,39-40,45H,1-12,15,17-18,21-23H2/t26-,28+,31+,33-,34+,39-,40-/m1/s1. The van der Waals surface area contributed by atoms with Gasteiger partial charge >= 0.3 is 5.97 Å². The number of benzene rings is 2. The first-order valence-electron chi connectivity index (χ1n) is 19.7. The minimum atomic E-state index is -4.18. The van der Waals surface area contributed by atoms with Crippen molar-refractivity contribution in [3.05, 3.63) is 58.1 Å². The van der Waals surface area contributed by atoms with Crippen LogP contribution in [0.2, 0.25) is 0 Å². The molecule has 3 aromatic rings. The first kappa shape index (κ1) is 38.3. The second kappa shape index (κ2) is 16.5. The Morgan fingerprint density at radius 2 is 1.81 bits per heavy atom. The van der Waals surface area contributed by atoms with Crippen LogP contribution >= 0.6 is 11.3 Å². The van der Waals surface area contributed by atoms with Gasteiger partial charge in [0, 0.05) is 49.9 Å². The summed E-state index contributed by atoms with van der Waals surface area (Å²) in [5.74, 6) is -1.82. The molecule has 1 aromatic heterocycles. The molecule has 10 nitrogen and oxygen atoms in total. The molecule has 4 heterocycles. The molecule has 2 saturated heterocycles. The predicted octanol–water partition coefficient (Wildman–Crippen LogP) is 6.55. The average molecular weight is 789 g/mol. The first-order valence-corrected chi connectivity index (χ1v) is 21.9. The number of carbonyl (C=O) groups is 1. The van der Waals surface area contributed by atoms with Crippen molar-refractivity contribution in [3.8, 4) is 0 Å². The lowest BCUT2D eigenvalue weighted by Crippen LogP contribution is -2.42. The number of aromatic nitrogens is 1. The Balaban J connectivity index is 1.06. The van der Waals surface area contributed by atoms with Crippen LogP contribution in [-0.4, -0.2) is 80.2 Å². The van der Waals surface area contributed by atoms with Crippen molar-refractivity contribution in [2.75, 3.05) is 32.9 Å². The molecule has 0 amide bonds. The van der Waals surface area contributed by atoms with Gasteiger partial charge in [0.15, 0.2) is 6.29 Å². The van der Waals surface area contributed by atoms with Crippen molar-refractivity contribution in [3.63, 3.8) is 0 Å². The summed E-state index contributed by atoms with van der Waals surface area (Å²) in [5.41, 5.74) is 1.52. The molecule has 2 aliphatic carbocycles. The maximum absolute atomic E-state index is 14.8. The van der Waals surface area contributed by atoms with Gasteiger partial charge in [-0.3, -0.25) is 4.79 Å². The van der Waals surface area contributed by atoms with Crippen LogP contribution in [0, 0.1) is 41.2 Å². The number of nitrogens with zero attached hydrogens (tertiary/aromatic N) is 2. The largest absolute Gasteiger partial charge is 0.462 e. The molecule has 294 valence electrons. The predicted molar refractivity (Wildman–Crippen MR) is 197 cm³/mol. The third-order valence-corrected chi connectivity index (χ3v) is 15.0. The fraction of sp³-hybridized carbons (Fsp3) is 0.650. The molecule has 2 aromatic carbocycles. The summed E-state index contributed by atoms with van der Waals surface area (Å²) >= 11 is 1.51. The molecule has 0 spiro atoms. The maximum atomic E-state index is 14.8. The van der Waals surface area contributed by atoms with Gasteiger partial charge in [0.2, 0.25) is 10.0 Å². The molecule has 0 unspecified atom stereocenters. The lowest BCUT2D eigenvalue weighted by Gasteiger charge is -2.33. The summed E-state index contributed by atoms with van der Waals surface area (Å²) in [6, 6.07) is 6.65. The Kier molecular flexibility index (Phi) is 11.7. The zero-order chi connectivity index (χ0) is 37.4. The van der Waals surface area contributed by atoms with E-state index in [4.69, 9.17) is 23.9 Å². The van der Waals surface area contributed by atoms with Crippen molar-refractivity contribution in [2.45, 2.75) is 107 Å². The Morgan fingerprint density at radius 1 is 1.02 bits per heavy atom. The van der Waals surface area contributed by atoms with E-state index >= 15 is 0 Å². The van der Waals surface area contributed by atoms with Crippen molar-refractivity contribution >= 4 is 37.5 Å². The Morgan fingerprint density at radius 3 is 2.63 bits per heavy atom. The van der Waals surface area contributed by atoms with Crippen LogP contribution < -0.4 is 0 Å². The highest BCUT2D eigenvalue weighted by Gasteiger charge is 2.55. The molecule has 3 aliphatic heterocycles. The fourth-order valence-corrected chi connectivity index (χ4v) is 11.9. The number of ether oxygens (including phenoxy) is 4. The van der Waals surface area contributed by atoms with E-state index in [9.17, 15) is 27.1 Å². The van der Waals surface area contributed by atoms with E-state index in [1.54, 1.807) is 6.07 Å². The van der Waals surface area contributed by atoms with Gasteiger partial charge in [-0.25, -0.2) is 22.2 Å². The number of β-amino-alcohol motifs (C(OH)–C–C–N with tert-alkyl or cyclic N) is 1. The van der Waals surface area contributed by atoms with Gasteiger partial charge in [-0.2, -0.15) is 4.31 Å². The number of aliphatic hydroxyl groups is 1. The van der Waals surface area contributed by atoms with Crippen LogP contribution in [0.15, 0.2) is 35.2 Å². The summed E-state index contributed by atoms with van der Waals surface area (Å²) in [5, 5.41) is 12.9. The summed E-state index contributed by atoms with van der Waals surface area (Å²) in [6.07, 6.45) is 6.53. The van der Waals surface area contributed by atoms with Gasteiger partial charge in [-0.15, -0.1) is 11.3 Å². The summed E-state index contributed by atoms with van der Waals surface area (Å²) in [4.78, 5) is 18.7. The topological polar surface area (TPSA) is 124 Å². The molecular formula is C40H50F2N2O8S2. The zero-order valence-electron chi connectivity index (χ0n) is 30.5. The number of aliphatic hydroxyl groups excluding tert-OH is 1. The zero-order valence-corrected chi connectivity index (χ0v) is 32.1. The third kappa shape index (κ3) is 8.69. The van der Waals surface area contributed by atoms with Gasteiger partial charge in [-0.05, 0) is 92.2 Å². The maximum Gasteiger partial charge on any atom is 0.306 e. The van der Waals surface area contributed by atoms with Gasteiger partial charge in [0.05, 0.1) is 52.5 Å². The highest BCUT2D eigenvalue weighted by Crippen LogP contribution is 2.50. The molecule has 2 saturated carbocycles. The fourth-order valence-electron chi connectivity index (χ4n) is 9.03. The number of thiazole rings is 1. The van der Waals surface area contributed by atoms with Crippen molar-refractivity contribution < 1.29 is 46.0 Å². The van der Waals surface area contributed by atoms with E-state index in [1.165, 1.54) is 40.6 Å². The summed E-state index contributed by atoms with van der Waals surface area (Å²) in [7, 11) is -4.18. The van der Waals surface area contributed by atoms with Crippen LogP contribution in [0.3, 0.4) is 0 Å². The quantitative estimate of drug-likeness (QED) is 0.228. The smallest absolute Gasteiger partial charge is 0.306 e. The van der Waals surface area contributed by atoms with E-state index < -0.39 is 39.6 Å². The average Bonchev–Trinajstić information content (AvgIpc) is 3.54. The number of carbonyl (C=O) groups excluding carboxylic acids is 1. The number of fused-ring (bicyclic) bond motifs is 2. The number of hydrogen-bond donors (Lipinski definition) is 1. The van der Waals surface area contributed by atoms with E-state index in [-0.39, 0.29) is 73.1 Å². The number of sulfonamides is 1. The van der Waals surface area contributed by atoms with Crippen LogP contribution in [0.1, 0.15) is 80.3 Å². The van der Waals surface area contributed by atoms with Gasteiger partial charge in [-0.1, -0.05) is 19.3 Å². The molecule has 1 N–H and O–H groups in total. The SMILES string of the molecule is O=C(C[C@@H](Cc1cc(F)cc(F)c1)[C@H](O)CN1CCCCCCCOCc2cc3nc(CC4CC4)sc3cc2S1(=O)=O)O[C@H]1C[C@H]2CO[C@H]3OCC[C@@H]1[C@@H]23. The van der Waals surface area contributed by atoms with Crippen molar-refractivity contribution in [1.82, 2.24) is 9.29 Å². The Labute approximate surface area is 319 Å². The van der Waals surface area contributed by atoms with Crippen LogP contribution in [0.4, 0.5) is 8.78 Å². The molecule has 4 fully saturated rings. The van der Waals surface area contributed by atoms with Gasteiger partial charge in [0.1, 0.15) is 17.7 Å². The second-order valence-corrected chi connectivity index (χ2v) is 19.0. The number of esters is 1. The molecule has 14 heteroatoms. The normalized spacial score (nSPS) is 28.7. The third-order valence-electron chi connectivity index (χ3n) is 12.0. The first-order chi connectivity index (χ1) is 26.1. The summed E-state index contributed by atoms with van der Waals surface area (Å²) in [6.45, 7) is 1.57. The van der Waals surface area contributed by atoms with E-state index in [0.717, 1.165) is 59.8 Å². The molecule has 0 bridgehead atoms. The molecule has 0 radical (unpaired) electrons. The lowest BCUT2D eigenvalue weighted by atomic mass is 9.86. The minimum Gasteiger partial charge on any atom is -0.462 e. The monoisotopic (exact) mass is 788 g/mol. The van der Waals surface area contributed by atoms with E-state index in [2.05, 4.69) is 0 Å². The van der Waals surface area contributed by atoms with Gasteiger partial charge in [0.25, 0.3) is 0 Å². The minimum absolute atomic E-state index is 0.0579. The second-order valence-electron chi connectivity index (χ2n) is 16.0. The van der Waals surface area contributed by atoms with Gasteiger partial charge < -0.3 is 24.1 Å². The summed E-state index contributed by atoms with van der Waals surface area (Å²) < 4.78 is 84.0. The van der Waals surface area contributed by atoms with Crippen LogP contribution in [0.5, 0.6) is 0 Å². The molecule has 5 aliphatic rings. The number of hydrogen-bond acceptors (Lipinski definition) is 10. The van der Waals surface area contributed by atoms with Crippen molar-refractivity contribution in [1.29, 1.82) is 0 Å². The van der Waals surface area contributed by atoms with E-state index in [0.29, 0.717) is 44.1 Å². The Hall–Kier alpha value is -2.59. The van der Waals surface area contributed by atoms with Crippen molar-refractivity contribution in [2.24, 2.45) is 29.6 Å². The Bertz CT molecular complexity index is 1900. The van der Waals surface area contributed by atoms with Crippen LogP contribution in [-0.2, 0) is 53.2 Å². The lowest BCUT2D eigenvalue weighted by molar-refractivity contribution is -0.182. The number of rotatable bonds is 10. The highest BCUT2D eigenvalue weighted by molar-refractivity contribution is 7.89. The molecule has 7 atom stereocenters. The highest BCUT2D eigenvalue weighted by atomic mass is 32.2.